The van der Waals surface area contributed by atoms with Gasteiger partial charge < -0.3 is 14.6 Å². The Bertz CT molecular complexity index is 537. The smallest absolute Gasteiger partial charge is 0.412 e. The average Bonchev–Trinajstić information content (AvgIpc) is 2.30. The highest BCUT2D eigenvalue weighted by atomic mass is 19.1. The summed E-state index contributed by atoms with van der Waals surface area (Å²) in [5.41, 5.74) is -1.71. The Labute approximate surface area is 115 Å². The summed E-state index contributed by atoms with van der Waals surface area (Å²) in [6.45, 7) is 4.94. The maximum atomic E-state index is 14.0. The van der Waals surface area contributed by atoms with Gasteiger partial charge in [0.15, 0.2) is 12.1 Å². The number of aromatic hydroxyl groups is 1. The molecule has 1 aromatic rings. The van der Waals surface area contributed by atoms with Crippen LogP contribution in [0.2, 0.25) is 0 Å². The molecule has 0 aliphatic rings. The number of amides is 1. The van der Waals surface area contributed by atoms with Crippen molar-refractivity contribution < 1.29 is 28.6 Å². The van der Waals surface area contributed by atoms with E-state index in [1.165, 1.54) is 7.11 Å². The molecular formula is C13H16FNO5. The number of halogens is 1. The maximum Gasteiger partial charge on any atom is 0.412 e. The molecule has 0 spiro atoms. The Morgan fingerprint density at radius 2 is 2.05 bits per heavy atom. The molecule has 7 heteroatoms. The normalized spacial score (nSPS) is 10.8. The second-order valence-electron chi connectivity index (χ2n) is 4.95. The zero-order chi connectivity index (χ0) is 15.5. The van der Waals surface area contributed by atoms with Crippen LogP contribution in [0.3, 0.4) is 0 Å². The second kappa shape index (κ2) is 5.77. The number of aldehydes is 1. The molecule has 0 aliphatic heterocycles. The van der Waals surface area contributed by atoms with Crippen LogP contribution in [-0.4, -0.2) is 30.2 Å². The van der Waals surface area contributed by atoms with Gasteiger partial charge in [-0.15, -0.1) is 0 Å². The van der Waals surface area contributed by atoms with E-state index in [1.807, 2.05) is 0 Å². The third-order valence-corrected chi connectivity index (χ3v) is 2.21. The van der Waals surface area contributed by atoms with Gasteiger partial charge in [-0.3, -0.25) is 10.1 Å². The number of ether oxygens (including phenoxy) is 2. The molecule has 0 unspecified atom stereocenters. The molecular weight excluding hydrogens is 269 g/mol. The van der Waals surface area contributed by atoms with Gasteiger partial charge in [-0.1, -0.05) is 0 Å². The fourth-order valence-electron chi connectivity index (χ4n) is 1.42. The molecule has 0 saturated heterocycles. The summed E-state index contributed by atoms with van der Waals surface area (Å²) in [6, 6.07) is 1.03. The van der Waals surface area contributed by atoms with Crippen LogP contribution >= 0.6 is 0 Å². The van der Waals surface area contributed by atoms with Crippen molar-refractivity contribution in [3.8, 4) is 11.5 Å². The highest BCUT2D eigenvalue weighted by Gasteiger charge is 2.23. The van der Waals surface area contributed by atoms with Gasteiger partial charge in [0, 0.05) is 6.07 Å². The highest BCUT2D eigenvalue weighted by molar-refractivity contribution is 5.91. The molecule has 0 radical (unpaired) electrons. The zero-order valence-corrected chi connectivity index (χ0v) is 11.6. The van der Waals surface area contributed by atoms with Crippen LogP contribution in [0.1, 0.15) is 31.1 Å². The number of hydrogen-bond donors (Lipinski definition) is 2. The van der Waals surface area contributed by atoms with Crippen molar-refractivity contribution in [1.29, 1.82) is 0 Å². The minimum atomic E-state index is -1.09. The van der Waals surface area contributed by atoms with Crippen LogP contribution in [0.25, 0.3) is 0 Å². The third kappa shape index (κ3) is 3.59. The first kappa shape index (κ1) is 15.7. The SMILES string of the molecule is COc1cc(O)c(C=O)c(F)c1NC(=O)OC(C)(C)C. The maximum absolute atomic E-state index is 14.0. The molecule has 1 rings (SSSR count). The number of rotatable bonds is 3. The topological polar surface area (TPSA) is 84.9 Å². The second-order valence-corrected chi connectivity index (χ2v) is 4.95. The van der Waals surface area contributed by atoms with Crippen molar-refractivity contribution in [3.63, 3.8) is 0 Å². The number of phenols is 1. The molecule has 0 aliphatic carbocycles. The van der Waals surface area contributed by atoms with Crippen LogP contribution < -0.4 is 10.1 Å². The van der Waals surface area contributed by atoms with E-state index in [1.54, 1.807) is 20.8 Å². The van der Waals surface area contributed by atoms with Crippen molar-refractivity contribution in [3.05, 3.63) is 17.4 Å². The minimum absolute atomic E-state index is 0.128. The van der Waals surface area contributed by atoms with Gasteiger partial charge in [0.05, 0.1) is 12.7 Å². The van der Waals surface area contributed by atoms with Crippen LogP contribution in [-0.2, 0) is 4.74 Å². The summed E-state index contributed by atoms with van der Waals surface area (Å²) < 4.78 is 23.9. The van der Waals surface area contributed by atoms with Crippen molar-refractivity contribution in [1.82, 2.24) is 0 Å². The predicted octanol–water partition coefficient (Wildman–Crippen LogP) is 2.70. The summed E-state index contributed by atoms with van der Waals surface area (Å²) in [5.74, 6) is -1.80. The van der Waals surface area contributed by atoms with E-state index in [0.29, 0.717) is 0 Å². The largest absolute Gasteiger partial charge is 0.507 e. The van der Waals surface area contributed by atoms with Gasteiger partial charge in [-0.2, -0.15) is 0 Å². The molecule has 0 bridgehead atoms. The van der Waals surface area contributed by atoms with Crippen molar-refractivity contribution in [2.45, 2.75) is 26.4 Å². The van der Waals surface area contributed by atoms with E-state index in [9.17, 15) is 19.1 Å². The van der Waals surface area contributed by atoms with E-state index in [0.717, 1.165) is 6.07 Å². The summed E-state index contributed by atoms with van der Waals surface area (Å²) >= 11 is 0. The lowest BCUT2D eigenvalue weighted by Crippen LogP contribution is -2.27. The van der Waals surface area contributed by atoms with Gasteiger partial charge >= 0.3 is 6.09 Å². The standard InChI is InChI=1S/C13H16FNO5/c1-13(2,3)20-12(18)15-11-9(19-4)5-8(17)7(6-16)10(11)14/h5-6,17H,1-4H3,(H,15,18). The van der Waals surface area contributed by atoms with Gasteiger partial charge in [0.25, 0.3) is 0 Å². The molecule has 1 amide bonds. The Balaban J connectivity index is 3.17. The summed E-state index contributed by atoms with van der Waals surface area (Å²) in [5, 5.41) is 11.6. The Morgan fingerprint density at radius 1 is 1.45 bits per heavy atom. The fourth-order valence-corrected chi connectivity index (χ4v) is 1.42. The number of hydrogen-bond acceptors (Lipinski definition) is 5. The number of phenolic OH excluding ortho intramolecular Hbond substituents is 1. The van der Waals surface area contributed by atoms with Crippen LogP contribution in [0, 0.1) is 5.82 Å². The first-order valence-electron chi connectivity index (χ1n) is 5.74. The lowest BCUT2D eigenvalue weighted by Gasteiger charge is -2.20. The number of anilines is 1. The molecule has 0 atom stereocenters. The number of nitrogens with one attached hydrogen (secondary N) is 1. The van der Waals surface area contributed by atoms with Crippen molar-refractivity contribution in [2.75, 3.05) is 12.4 Å². The molecule has 0 fully saturated rings. The first-order chi connectivity index (χ1) is 9.19. The minimum Gasteiger partial charge on any atom is -0.507 e. The lowest BCUT2D eigenvalue weighted by molar-refractivity contribution is 0.0634. The van der Waals surface area contributed by atoms with Gasteiger partial charge in [0.1, 0.15) is 22.8 Å². The van der Waals surface area contributed by atoms with Crippen LogP contribution in [0.5, 0.6) is 11.5 Å². The molecule has 2 N–H and O–H groups in total. The van der Waals surface area contributed by atoms with E-state index in [2.05, 4.69) is 5.32 Å². The highest BCUT2D eigenvalue weighted by Crippen LogP contribution is 2.35. The summed E-state index contributed by atoms with van der Waals surface area (Å²) in [4.78, 5) is 22.4. The number of benzene rings is 1. The first-order valence-corrected chi connectivity index (χ1v) is 5.74. The van der Waals surface area contributed by atoms with E-state index >= 15 is 0 Å². The van der Waals surface area contributed by atoms with Crippen LogP contribution in [0.4, 0.5) is 14.9 Å². The molecule has 1 aromatic carbocycles. The molecule has 0 aromatic heterocycles. The third-order valence-electron chi connectivity index (χ3n) is 2.21. The number of methoxy groups -OCH3 is 1. The van der Waals surface area contributed by atoms with E-state index < -0.39 is 28.8 Å². The zero-order valence-electron chi connectivity index (χ0n) is 11.6. The molecule has 6 nitrogen and oxygen atoms in total. The Hall–Kier alpha value is -2.31. The van der Waals surface area contributed by atoms with Gasteiger partial charge in [-0.05, 0) is 20.8 Å². The van der Waals surface area contributed by atoms with Gasteiger partial charge in [0.2, 0.25) is 0 Å². The Kier molecular flexibility index (Phi) is 4.54. The molecule has 0 saturated carbocycles. The number of carbonyl (C=O) groups is 2. The monoisotopic (exact) mass is 285 g/mol. The van der Waals surface area contributed by atoms with Gasteiger partial charge in [-0.25, -0.2) is 9.18 Å². The van der Waals surface area contributed by atoms with E-state index in [-0.39, 0.29) is 17.7 Å². The van der Waals surface area contributed by atoms with Crippen molar-refractivity contribution >= 4 is 18.1 Å². The Morgan fingerprint density at radius 3 is 2.50 bits per heavy atom. The fraction of sp³-hybridized carbons (Fsp3) is 0.385. The van der Waals surface area contributed by atoms with Crippen LogP contribution in [0.15, 0.2) is 6.07 Å². The summed E-state index contributed by atoms with van der Waals surface area (Å²) in [6.07, 6.45) is -0.762. The quantitative estimate of drug-likeness (QED) is 0.659. The van der Waals surface area contributed by atoms with Crippen molar-refractivity contribution in [2.24, 2.45) is 0 Å². The predicted molar refractivity (Wildman–Crippen MR) is 69.9 cm³/mol. The lowest BCUT2D eigenvalue weighted by atomic mass is 10.1. The average molecular weight is 285 g/mol. The van der Waals surface area contributed by atoms with E-state index in [4.69, 9.17) is 9.47 Å². The number of carbonyl (C=O) groups excluding carboxylic acids is 2. The molecule has 0 heterocycles. The molecule has 20 heavy (non-hydrogen) atoms. The summed E-state index contributed by atoms with van der Waals surface area (Å²) in [7, 11) is 1.23. The molecule has 110 valence electrons.